The van der Waals surface area contributed by atoms with Gasteiger partial charge in [-0.2, -0.15) is 0 Å². The molecule has 0 radical (unpaired) electrons. The number of anilines is 1. The van der Waals surface area contributed by atoms with E-state index in [0.29, 0.717) is 24.2 Å². The van der Waals surface area contributed by atoms with Crippen LogP contribution in [0.25, 0.3) is 0 Å². The van der Waals surface area contributed by atoms with Crippen molar-refractivity contribution < 1.29 is 27.5 Å². The monoisotopic (exact) mass is 394 g/mol. The van der Waals surface area contributed by atoms with Crippen LogP contribution in [0.2, 0.25) is 0 Å². The first kappa shape index (κ1) is 21.3. The minimum atomic E-state index is -4.77. The molecular formula is C20H21F3N2O3. The molecule has 2 N–H and O–H groups in total. The molecule has 8 heteroatoms. The average Bonchev–Trinajstić information content (AvgIpc) is 2.61. The maximum Gasteiger partial charge on any atom is 0.573 e. The second kappa shape index (κ2) is 9.77. The van der Waals surface area contributed by atoms with E-state index in [4.69, 9.17) is 0 Å². The molecule has 0 aliphatic heterocycles. The van der Waals surface area contributed by atoms with Gasteiger partial charge in [-0.05, 0) is 42.2 Å². The molecule has 0 atom stereocenters. The second-order valence-corrected chi connectivity index (χ2v) is 6.13. The first-order valence-corrected chi connectivity index (χ1v) is 8.70. The SMILES string of the molecule is CC(=O)Nc1ccc(CCNC(=O)CCc2ccccc2OC(F)(F)F)cc1. The zero-order chi connectivity index (χ0) is 20.6. The van der Waals surface area contributed by atoms with Crippen LogP contribution in [0.4, 0.5) is 18.9 Å². The highest BCUT2D eigenvalue weighted by Gasteiger charge is 2.31. The number of nitrogens with one attached hydrogen (secondary N) is 2. The molecule has 28 heavy (non-hydrogen) atoms. The Labute approximate surface area is 160 Å². The fraction of sp³-hybridized carbons (Fsp3) is 0.300. The fourth-order valence-corrected chi connectivity index (χ4v) is 2.58. The first-order valence-electron chi connectivity index (χ1n) is 8.70. The molecule has 0 heterocycles. The molecule has 2 rings (SSSR count). The van der Waals surface area contributed by atoms with Crippen LogP contribution in [0.1, 0.15) is 24.5 Å². The molecule has 0 aliphatic rings. The summed E-state index contributed by atoms with van der Waals surface area (Å²) in [5.41, 5.74) is 2.00. The number of carbonyl (C=O) groups excluding carboxylic acids is 2. The lowest BCUT2D eigenvalue weighted by molar-refractivity contribution is -0.274. The van der Waals surface area contributed by atoms with E-state index in [-0.39, 0.29) is 30.4 Å². The number of halogens is 3. The standard InChI is InChI=1S/C20H21F3N2O3/c1-14(26)25-17-9-6-15(7-10-17)12-13-24-19(27)11-8-16-4-2-3-5-18(16)28-20(21,22)23/h2-7,9-10H,8,11-13H2,1H3,(H,24,27)(H,25,26). The van der Waals surface area contributed by atoms with Gasteiger partial charge in [0.25, 0.3) is 0 Å². The van der Waals surface area contributed by atoms with Crippen molar-refractivity contribution in [1.82, 2.24) is 5.32 Å². The van der Waals surface area contributed by atoms with Gasteiger partial charge in [-0.25, -0.2) is 0 Å². The summed E-state index contributed by atoms with van der Waals surface area (Å²) in [5.74, 6) is -0.694. The molecule has 5 nitrogen and oxygen atoms in total. The molecule has 0 fully saturated rings. The molecule has 0 aliphatic carbocycles. The van der Waals surface area contributed by atoms with Gasteiger partial charge in [0, 0.05) is 25.6 Å². The maximum atomic E-state index is 12.4. The van der Waals surface area contributed by atoms with Crippen LogP contribution in [0.5, 0.6) is 5.75 Å². The third-order valence-corrected chi connectivity index (χ3v) is 3.83. The van der Waals surface area contributed by atoms with E-state index in [1.165, 1.54) is 25.1 Å². The Hall–Kier alpha value is -3.03. The van der Waals surface area contributed by atoms with Crippen molar-refractivity contribution >= 4 is 17.5 Å². The Bertz CT molecular complexity index is 805. The Kier molecular flexibility index (Phi) is 7.43. The Balaban J connectivity index is 1.77. The van der Waals surface area contributed by atoms with Gasteiger partial charge in [0.05, 0.1) is 0 Å². The van der Waals surface area contributed by atoms with Gasteiger partial charge in [-0.15, -0.1) is 13.2 Å². The van der Waals surface area contributed by atoms with Crippen LogP contribution < -0.4 is 15.4 Å². The first-order chi connectivity index (χ1) is 13.2. The number of ether oxygens (including phenoxy) is 1. The Morgan fingerprint density at radius 3 is 2.32 bits per heavy atom. The smallest absolute Gasteiger partial charge is 0.406 e. The number of alkyl halides is 3. The number of aryl methyl sites for hydroxylation is 1. The number of hydrogen-bond donors (Lipinski definition) is 2. The lowest BCUT2D eigenvalue weighted by atomic mass is 10.1. The Morgan fingerprint density at radius 1 is 1.00 bits per heavy atom. The van der Waals surface area contributed by atoms with Crippen LogP contribution >= 0.6 is 0 Å². The molecule has 2 aromatic rings. The van der Waals surface area contributed by atoms with Crippen molar-refractivity contribution in [3.05, 3.63) is 59.7 Å². The van der Waals surface area contributed by atoms with Crippen LogP contribution in [0.3, 0.4) is 0 Å². The number of hydrogen-bond acceptors (Lipinski definition) is 3. The number of carbonyl (C=O) groups is 2. The molecule has 0 saturated heterocycles. The van der Waals surface area contributed by atoms with Crippen molar-refractivity contribution in [3.63, 3.8) is 0 Å². The van der Waals surface area contributed by atoms with Crippen LogP contribution in [0.15, 0.2) is 48.5 Å². The highest BCUT2D eigenvalue weighted by molar-refractivity contribution is 5.88. The summed E-state index contributed by atoms with van der Waals surface area (Å²) in [6.45, 7) is 1.83. The quantitative estimate of drug-likeness (QED) is 0.715. The van der Waals surface area contributed by atoms with Gasteiger partial charge in [0.15, 0.2) is 0 Å². The van der Waals surface area contributed by atoms with E-state index in [0.717, 1.165) is 5.56 Å². The fourth-order valence-electron chi connectivity index (χ4n) is 2.58. The molecule has 0 unspecified atom stereocenters. The summed E-state index contributed by atoms with van der Waals surface area (Å²) in [6.07, 6.45) is -3.98. The summed E-state index contributed by atoms with van der Waals surface area (Å²) < 4.78 is 41.2. The largest absolute Gasteiger partial charge is 0.573 e. The molecule has 2 amide bonds. The van der Waals surface area contributed by atoms with Crippen molar-refractivity contribution in [2.45, 2.75) is 32.5 Å². The molecule has 2 aromatic carbocycles. The zero-order valence-corrected chi connectivity index (χ0v) is 15.3. The van der Waals surface area contributed by atoms with Crippen molar-refractivity contribution in [1.29, 1.82) is 0 Å². The van der Waals surface area contributed by atoms with Gasteiger partial charge >= 0.3 is 6.36 Å². The normalized spacial score (nSPS) is 11.0. The number of benzene rings is 2. The summed E-state index contributed by atoms with van der Waals surface area (Å²) in [7, 11) is 0. The van der Waals surface area contributed by atoms with E-state index < -0.39 is 6.36 Å². The van der Waals surface area contributed by atoms with E-state index in [1.54, 1.807) is 18.2 Å². The number of amides is 2. The van der Waals surface area contributed by atoms with Gasteiger partial charge in [-0.3, -0.25) is 9.59 Å². The highest BCUT2D eigenvalue weighted by Crippen LogP contribution is 2.26. The van der Waals surface area contributed by atoms with E-state index >= 15 is 0 Å². The summed E-state index contributed by atoms with van der Waals surface area (Å²) in [5, 5.41) is 5.41. The van der Waals surface area contributed by atoms with Crippen molar-refractivity contribution in [3.8, 4) is 5.75 Å². The summed E-state index contributed by atoms with van der Waals surface area (Å²) >= 11 is 0. The van der Waals surface area contributed by atoms with E-state index in [1.807, 2.05) is 12.1 Å². The predicted molar refractivity (Wildman–Crippen MR) is 98.9 cm³/mol. The second-order valence-electron chi connectivity index (χ2n) is 6.13. The average molecular weight is 394 g/mol. The van der Waals surface area contributed by atoms with Crippen molar-refractivity contribution in [2.24, 2.45) is 0 Å². The topological polar surface area (TPSA) is 67.4 Å². The van der Waals surface area contributed by atoms with E-state index in [9.17, 15) is 22.8 Å². The van der Waals surface area contributed by atoms with Crippen LogP contribution in [-0.2, 0) is 22.4 Å². The van der Waals surface area contributed by atoms with Crippen LogP contribution in [0, 0.1) is 0 Å². The van der Waals surface area contributed by atoms with Gasteiger partial charge < -0.3 is 15.4 Å². The summed E-state index contributed by atoms with van der Waals surface area (Å²) in [6, 6.07) is 13.0. The van der Waals surface area contributed by atoms with Crippen LogP contribution in [-0.4, -0.2) is 24.7 Å². The zero-order valence-electron chi connectivity index (χ0n) is 15.3. The molecule has 0 saturated carbocycles. The van der Waals surface area contributed by atoms with Crippen molar-refractivity contribution in [2.75, 3.05) is 11.9 Å². The third kappa shape index (κ3) is 7.69. The Morgan fingerprint density at radius 2 is 1.68 bits per heavy atom. The van der Waals surface area contributed by atoms with Gasteiger partial charge in [0.2, 0.25) is 11.8 Å². The number of para-hydroxylation sites is 1. The molecule has 150 valence electrons. The minimum absolute atomic E-state index is 0.0553. The third-order valence-electron chi connectivity index (χ3n) is 3.83. The maximum absolute atomic E-state index is 12.4. The minimum Gasteiger partial charge on any atom is -0.406 e. The number of rotatable bonds is 8. The predicted octanol–water partition coefficient (Wildman–Crippen LogP) is 3.84. The molecule has 0 aromatic heterocycles. The van der Waals surface area contributed by atoms with Gasteiger partial charge in [-0.1, -0.05) is 30.3 Å². The lowest BCUT2D eigenvalue weighted by Gasteiger charge is -2.13. The summed E-state index contributed by atoms with van der Waals surface area (Å²) in [4.78, 5) is 22.9. The van der Waals surface area contributed by atoms with E-state index in [2.05, 4.69) is 15.4 Å². The molecule has 0 spiro atoms. The molecular weight excluding hydrogens is 373 g/mol. The highest BCUT2D eigenvalue weighted by atomic mass is 19.4. The molecule has 0 bridgehead atoms. The van der Waals surface area contributed by atoms with Gasteiger partial charge in [0.1, 0.15) is 5.75 Å². The lowest BCUT2D eigenvalue weighted by Crippen LogP contribution is -2.26.